The summed E-state index contributed by atoms with van der Waals surface area (Å²) in [6.45, 7) is 13.1. The van der Waals surface area contributed by atoms with Crippen LogP contribution in [-0.2, 0) is 40.0 Å². The lowest BCUT2D eigenvalue weighted by Gasteiger charge is -2.41. The molecule has 0 aliphatic carbocycles. The van der Waals surface area contributed by atoms with Gasteiger partial charge in [0.15, 0.2) is 5.75 Å². The fraction of sp³-hybridized carbons (Fsp3) is 0.509. The van der Waals surface area contributed by atoms with Gasteiger partial charge in [-0.1, -0.05) is 49.7 Å². The van der Waals surface area contributed by atoms with E-state index in [-0.39, 0.29) is 24.6 Å². The highest BCUT2D eigenvalue weighted by molar-refractivity contribution is 6.32. The van der Waals surface area contributed by atoms with E-state index in [2.05, 4.69) is 51.0 Å². The lowest BCUT2D eigenvalue weighted by atomic mass is 9.77. The molecule has 4 fully saturated rings. The third-order valence-corrected chi connectivity index (χ3v) is 16.0. The van der Waals surface area contributed by atoms with Crippen LogP contribution in [0.5, 0.6) is 11.5 Å². The molecule has 0 radical (unpaired) electrons. The van der Waals surface area contributed by atoms with E-state index < -0.39 is 29.5 Å². The molecule has 2 N–H and O–H groups in total. The number of ether oxygens (including phenoxy) is 2. The molecule has 2 amide bonds. The zero-order valence-electron chi connectivity index (χ0n) is 43.0. The minimum absolute atomic E-state index is 0.223. The molecule has 16 nitrogen and oxygen atoms in total. The molecule has 5 aromatic rings. The number of likely N-dealkylation sites (tertiary alicyclic amines) is 2. The summed E-state index contributed by atoms with van der Waals surface area (Å²) in [5.41, 5.74) is 5.23. The quantitative estimate of drug-likeness (QED) is 0.0750. The summed E-state index contributed by atoms with van der Waals surface area (Å²) in [5, 5.41) is 19.7. The number of fused-ring (bicyclic) bond motifs is 1. The number of carboxylic acids is 1. The maximum atomic E-state index is 13.4. The van der Waals surface area contributed by atoms with Gasteiger partial charge in [0.25, 0.3) is 0 Å². The molecule has 1 unspecified atom stereocenters. The van der Waals surface area contributed by atoms with Gasteiger partial charge in [0, 0.05) is 51.3 Å². The van der Waals surface area contributed by atoms with Crippen LogP contribution < -0.4 is 25.4 Å². The van der Waals surface area contributed by atoms with Crippen molar-refractivity contribution in [2.24, 2.45) is 24.8 Å². The number of para-hydroxylation sites is 1. The van der Waals surface area contributed by atoms with Gasteiger partial charge in [0.05, 0.1) is 33.2 Å². The number of piperidine rings is 4. The Balaban J connectivity index is 0.00000102. The summed E-state index contributed by atoms with van der Waals surface area (Å²) < 4.78 is 46.8. The number of anilines is 1. The van der Waals surface area contributed by atoms with E-state index in [4.69, 9.17) is 47.6 Å². The van der Waals surface area contributed by atoms with Crippen LogP contribution in [0.2, 0.25) is 5.02 Å². The predicted octanol–water partition coefficient (Wildman–Crippen LogP) is 8.63. The normalized spacial score (nSPS) is 18.7. The number of aryl methyl sites for hydroxylation is 1. The predicted molar refractivity (Wildman–Crippen MR) is 282 cm³/mol. The molecule has 76 heavy (non-hydrogen) atoms. The van der Waals surface area contributed by atoms with Crippen molar-refractivity contribution in [3.8, 4) is 17.6 Å². The average molecular weight is 1090 g/mol. The summed E-state index contributed by atoms with van der Waals surface area (Å²) >= 11 is 12.4. The van der Waals surface area contributed by atoms with E-state index in [0.29, 0.717) is 41.2 Å². The van der Waals surface area contributed by atoms with Crippen LogP contribution in [0.3, 0.4) is 0 Å². The number of amides is 2. The minimum atomic E-state index is -5.08. The number of imide groups is 1. The largest absolute Gasteiger partial charge is 0.490 e. The summed E-state index contributed by atoms with van der Waals surface area (Å²) in [7, 11) is 1.78. The second-order valence-corrected chi connectivity index (χ2v) is 21.5. The van der Waals surface area contributed by atoms with Crippen LogP contribution in [0.15, 0.2) is 71.7 Å². The average Bonchev–Trinajstić information content (AvgIpc) is 3.76. The smallest absolute Gasteiger partial charge is 0.489 e. The van der Waals surface area contributed by atoms with Crippen molar-refractivity contribution in [1.82, 2.24) is 34.2 Å². The van der Waals surface area contributed by atoms with E-state index in [1.54, 1.807) is 16.2 Å². The topological polar surface area (TPSA) is 188 Å². The molecule has 3 aromatic carbocycles. The van der Waals surface area contributed by atoms with E-state index in [0.717, 1.165) is 115 Å². The van der Waals surface area contributed by atoms with E-state index in [1.165, 1.54) is 32.5 Å². The Morgan fingerprint density at radius 1 is 0.882 bits per heavy atom. The number of nitrogens with zero attached hydrogens (tertiary/aromatic N) is 8. The van der Waals surface area contributed by atoms with Crippen molar-refractivity contribution in [3.63, 3.8) is 0 Å². The highest BCUT2D eigenvalue weighted by atomic mass is 35.5. The molecule has 1 atom stereocenters. The maximum Gasteiger partial charge on any atom is 0.490 e. The number of hydrogen-bond donors (Lipinski definition) is 2. The first kappa shape index (κ1) is 56.0. The second kappa shape index (κ2) is 24.4. The molecule has 2 aromatic heterocycles. The van der Waals surface area contributed by atoms with Crippen molar-refractivity contribution < 1.29 is 42.1 Å². The van der Waals surface area contributed by atoms with Gasteiger partial charge in [0.1, 0.15) is 31.1 Å². The molecule has 0 saturated carbocycles. The van der Waals surface area contributed by atoms with Crippen LogP contribution >= 0.6 is 23.2 Å². The number of nitriles is 1. The molecule has 9 rings (SSSR count). The van der Waals surface area contributed by atoms with E-state index >= 15 is 0 Å². The van der Waals surface area contributed by atoms with Gasteiger partial charge >= 0.3 is 17.8 Å². The molecule has 406 valence electrons. The number of nitrogens with one attached hydrogen (secondary N) is 1. The molecule has 21 heteroatoms. The Labute approximate surface area is 449 Å². The molecule has 4 saturated heterocycles. The standard InChI is InChI=1S/C53H63Cl2N9O5.C2HF3O2/c1-53(2,41-29-39(31-56)49(44(55)30-41)68-28-20-54)40-7-9-43(10-8-40)69-34-42-13-21-57-51(58-42)63-26-18-37(19-27-63)36-16-24-61(25-17-36)32-35-14-22-62(23-15-35)33-38-5-4-6-45-48(38)60(3)52(67)64(45)46-11-12-47(65)59-50(46)66;3-2(4,5)1(6)7/h4-10,13,21,29-30,35-37,46H,11-12,14-20,22-28,32-34H2,1-3H3,(H,59,65,66);(H,6,7). The van der Waals surface area contributed by atoms with E-state index in [1.807, 2.05) is 60.8 Å². The number of aliphatic carboxylic acids is 1. The summed E-state index contributed by atoms with van der Waals surface area (Å²) in [4.78, 5) is 64.0. The fourth-order valence-electron chi connectivity index (χ4n) is 11.2. The van der Waals surface area contributed by atoms with Crippen molar-refractivity contribution >= 4 is 58.0 Å². The van der Waals surface area contributed by atoms with Gasteiger partial charge in [-0.3, -0.25) is 28.9 Å². The molecular formula is C55H64Cl2F3N9O7. The number of alkyl halides is 4. The molecule has 4 aliphatic rings. The van der Waals surface area contributed by atoms with Crippen molar-refractivity contribution in [3.05, 3.63) is 110 Å². The Morgan fingerprint density at radius 2 is 1.54 bits per heavy atom. The SMILES string of the molecule is Cn1c(=O)n(C2CCC(=O)NC2=O)c2cccc(CN3CCC(CN4CCC(C5CCN(c6nccc(COc7ccc(C(C)(C)c8cc(Cl)c(OCCCl)c(C#N)c8)cc7)n6)CC5)CC4)CC3)c21.O=C(O)C(F)(F)F. The van der Waals surface area contributed by atoms with Gasteiger partial charge in [-0.2, -0.15) is 18.4 Å². The van der Waals surface area contributed by atoms with Crippen LogP contribution in [0, 0.1) is 29.1 Å². The first-order valence-corrected chi connectivity index (χ1v) is 26.8. The summed E-state index contributed by atoms with van der Waals surface area (Å²) in [6, 6.07) is 21.2. The second-order valence-electron chi connectivity index (χ2n) is 20.7. The highest BCUT2D eigenvalue weighted by Gasteiger charge is 2.38. The monoisotopic (exact) mass is 1090 g/mol. The minimum Gasteiger partial charge on any atom is -0.489 e. The lowest BCUT2D eigenvalue weighted by Crippen LogP contribution is -2.44. The zero-order valence-corrected chi connectivity index (χ0v) is 44.5. The van der Waals surface area contributed by atoms with E-state index in [9.17, 15) is 32.8 Å². The lowest BCUT2D eigenvalue weighted by molar-refractivity contribution is -0.192. The Morgan fingerprint density at radius 3 is 2.17 bits per heavy atom. The number of hydrogen-bond acceptors (Lipinski definition) is 12. The van der Waals surface area contributed by atoms with Crippen molar-refractivity contribution in [2.75, 3.05) is 63.2 Å². The van der Waals surface area contributed by atoms with Crippen LogP contribution in [0.4, 0.5) is 19.1 Å². The number of rotatable bonds is 15. The number of carbonyl (C=O) groups excluding carboxylic acids is 2. The first-order valence-electron chi connectivity index (χ1n) is 25.8. The number of aromatic nitrogens is 4. The number of carbonyl (C=O) groups is 3. The molecule has 0 bridgehead atoms. The molecule has 4 aliphatic heterocycles. The number of benzene rings is 3. The van der Waals surface area contributed by atoms with Gasteiger partial charge in [0.2, 0.25) is 17.8 Å². The Bertz CT molecular complexity index is 2970. The molecule has 0 spiro atoms. The van der Waals surface area contributed by atoms with Gasteiger partial charge in [-0.25, -0.2) is 19.6 Å². The summed E-state index contributed by atoms with van der Waals surface area (Å²) in [5.74, 6) is 0.914. The number of carboxylic acid groups (broad SMARTS) is 1. The van der Waals surface area contributed by atoms with Gasteiger partial charge in [-0.05, 0) is 142 Å². The number of halogens is 5. The first-order chi connectivity index (χ1) is 36.3. The van der Waals surface area contributed by atoms with Crippen LogP contribution in [0.1, 0.15) is 99.2 Å². The van der Waals surface area contributed by atoms with Crippen LogP contribution in [-0.4, -0.2) is 116 Å². The molecule has 6 heterocycles. The van der Waals surface area contributed by atoms with Gasteiger partial charge in [-0.15, -0.1) is 11.6 Å². The third kappa shape index (κ3) is 13.1. The van der Waals surface area contributed by atoms with Gasteiger partial charge < -0.3 is 24.4 Å². The number of imidazole rings is 1. The third-order valence-electron chi connectivity index (χ3n) is 15.6. The van der Waals surface area contributed by atoms with Crippen LogP contribution in [0.25, 0.3) is 11.0 Å². The fourth-order valence-corrected chi connectivity index (χ4v) is 11.6. The van der Waals surface area contributed by atoms with Crippen molar-refractivity contribution in [1.29, 1.82) is 5.26 Å². The Hall–Kier alpha value is -6.20. The summed E-state index contributed by atoms with van der Waals surface area (Å²) in [6.07, 6.45) is 4.50. The Kier molecular flexibility index (Phi) is 18.0. The molecular weight excluding hydrogens is 1030 g/mol. The maximum absolute atomic E-state index is 13.4. The highest BCUT2D eigenvalue weighted by Crippen LogP contribution is 2.39. The van der Waals surface area contributed by atoms with Crippen molar-refractivity contribution in [2.45, 2.75) is 96.0 Å². The zero-order chi connectivity index (χ0) is 54.3.